The zero-order chi connectivity index (χ0) is 14.0. The lowest BCUT2D eigenvalue weighted by molar-refractivity contribution is -0.114. The number of rotatable bonds is 3. The van der Waals surface area contributed by atoms with Gasteiger partial charge in [-0.15, -0.1) is 0 Å². The van der Waals surface area contributed by atoms with Gasteiger partial charge in [-0.1, -0.05) is 13.8 Å². The van der Waals surface area contributed by atoms with Crippen LogP contribution in [0, 0.1) is 0 Å². The smallest absolute Gasteiger partial charge is 0.166 e. The van der Waals surface area contributed by atoms with E-state index in [4.69, 9.17) is 0 Å². The minimum absolute atomic E-state index is 0.0128. The van der Waals surface area contributed by atoms with E-state index < -0.39 is 0 Å². The first-order valence-corrected chi connectivity index (χ1v) is 6.88. The summed E-state index contributed by atoms with van der Waals surface area (Å²) in [6.07, 6.45) is 3.22. The van der Waals surface area contributed by atoms with Crippen LogP contribution in [0.3, 0.4) is 0 Å². The highest BCUT2D eigenvalue weighted by Crippen LogP contribution is 2.35. The second kappa shape index (κ2) is 5.47. The summed E-state index contributed by atoms with van der Waals surface area (Å²) in [6, 6.07) is 3.38. The van der Waals surface area contributed by atoms with E-state index in [9.17, 15) is 15.0 Å². The van der Waals surface area contributed by atoms with Crippen molar-refractivity contribution in [1.82, 2.24) is 0 Å². The van der Waals surface area contributed by atoms with E-state index in [1.54, 1.807) is 12.1 Å². The van der Waals surface area contributed by atoms with Crippen LogP contribution in [0.1, 0.15) is 49.8 Å². The number of Topliss-reactive ketones (excluding diaryl/α,β-unsaturated/α-hetero) is 1. The van der Waals surface area contributed by atoms with Crippen LogP contribution in [-0.4, -0.2) is 16.0 Å². The van der Waals surface area contributed by atoms with E-state index in [2.05, 4.69) is 0 Å². The third-order valence-electron chi connectivity index (χ3n) is 3.68. The lowest BCUT2D eigenvalue weighted by Crippen LogP contribution is -2.14. The van der Waals surface area contributed by atoms with Crippen LogP contribution in [0.4, 0.5) is 0 Å². The highest BCUT2D eigenvalue weighted by atomic mass is 16.3. The van der Waals surface area contributed by atoms with Crippen molar-refractivity contribution in [3.8, 4) is 5.75 Å². The van der Waals surface area contributed by atoms with Gasteiger partial charge in [-0.2, -0.15) is 0 Å². The summed E-state index contributed by atoms with van der Waals surface area (Å²) in [5.74, 6) is 0.436. The molecule has 0 amide bonds. The Kier molecular flexibility index (Phi) is 3.93. The van der Waals surface area contributed by atoms with Crippen LogP contribution >= 0.6 is 0 Å². The number of carbonyl (C=O) groups is 1. The van der Waals surface area contributed by atoms with Gasteiger partial charge in [-0.3, -0.25) is 4.79 Å². The monoisotopic (exact) mass is 260 g/mol. The molecule has 0 bridgehead atoms. The van der Waals surface area contributed by atoms with Gasteiger partial charge in [0.05, 0.1) is 5.57 Å². The molecule has 1 aliphatic carbocycles. The van der Waals surface area contributed by atoms with E-state index in [0.717, 1.165) is 36.0 Å². The molecule has 0 saturated heterocycles. The third kappa shape index (κ3) is 2.50. The average Bonchev–Trinajstić information content (AvgIpc) is 2.39. The molecule has 0 fully saturated rings. The van der Waals surface area contributed by atoms with Crippen molar-refractivity contribution in [3.63, 3.8) is 0 Å². The number of allylic oxidation sites excluding steroid dienone is 2. The maximum Gasteiger partial charge on any atom is 0.166 e. The summed E-state index contributed by atoms with van der Waals surface area (Å²) in [7, 11) is 0. The molecule has 2 N–H and O–H groups in total. The molecular formula is C16H20O3. The van der Waals surface area contributed by atoms with Crippen LogP contribution in [0.15, 0.2) is 17.9 Å². The van der Waals surface area contributed by atoms with Crippen molar-refractivity contribution in [2.24, 2.45) is 0 Å². The standard InChI is InChI=1S/C16H20O3/c1-3-10-8-12(17)9-11(4-2)15(10)16-13(18)6-5-7-14(16)19/h8-9,17-18H,3-7H2,1-2H3. The predicted molar refractivity (Wildman–Crippen MR) is 75.3 cm³/mol. The van der Waals surface area contributed by atoms with Crippen molar-refractivity contribution >= 4 is 11.4 Å². The normalized spacial score (nSPS) is 16.0. The topological polar surface area (TPSA) is 57.5 Å². The van der Waals surface area contributed by atoms with Crippen molar-refractivity contribution in [3.05, 3.63) is 34.6 Å². The van der Waals surface area contributed by atoms with Crippen LogP contribution < -0.4 is 0 Å². The Morgan fingerprint density at radius 3 is 2.11 bits per heavy atom. The van der Waals surface area contributed by atoms with Crippen molar-refractivity contribution < 1.29 is 15.0 Å². The maximum atomic E-state index is 12.1. The molecule has 0 heterocycles. The van der Waals surface area contributed by atoms with Crippen LogP contribution in [0.2, 0.25) is 0 Å². The fourth-order valence-electron chi connectivity index (χ4n) is 2.74. The zero-order valence-electron chi connectivity index (χ0n) is 11.5. The summed E-state index contributed by atoms with van der Waals surface area (Å²) in [5, 5.41) is 19.8. The first-order chi connectivity index (χ1) is 9.08. The van der Waals surface area contributed by atoms with Crippen molar-refractivity contribution in [2.75, 3.05) is 0 Å². The lowest BCUT2D eigenvalue weighted by Gasteiger charge is -2.20. The van der Waals surface area contributed by atoms with Crippen LogP contribution in [0.25, 0.3) is 5.57 Å². The predicted octanol–water partition coefficient (Wildman–Crippen LogP) is 3.54. The van der Waals surface area contributed by atoms with Gasteiger partial charge in [0.2, 0.25) is 0 Å². The Hall–Kier alpha value is -1.77. The summed E-state index contributed by atoms with van der Waals surface area (Å²) in [6.45, 7) is 3.98. The number of aliphatic hydroxyl groups is 1. The average molecular weight is 260 g/mol. The number of aromatic hydroxyl groups is 1. The maximum absolute atomic E-state index is 12.1. The molecule has 2 rings (SSSR count). The molecule has 0 radical (unpaired) electrons. The van der Waals surface area contributed by atoms with Gasteiger partial charge in [0.15, 0.2) is 5.78 Å². The molecule has 1 aromatic rings. The van der Waals surface area contributed by atoms with E-state index in [0.29, 0.717) is 18.4 Å². The quantitative estimate of drug-likeness (QED) is 0.874. The van der Waals surface area contributed by atoms with Gasteiger partial charge in [-0.25, -0.2) is 0 Å². The van der Waals surface area contributed by atoms with E-state index in [-0.39, 0.29) is 17.3 Å². The second-order valence-corrected chi connectivity index (χ2v) is 4.94. The summed E-state index contributed by atoms with van der Waals surface area (Å²) < 4.78 is 0. The molecule has 0 atom stereocenters. The Balaban J connectivity index is 2.70. The Morgan fingerprint density at radius 2 is 1.63 bits per heavy atom. The molecule has 1 aromatic carbocycles. The molecule has 0 aliphatic heterocycles. The van der Waals surface area contributed by atoms with E-state index >= 15 is 0 Å². The number of hydrogen-bond acceptors (Lipinski definition) is 3. The van der Waals surface area contributed by atoms with Gasteiger partial charge in [-0.05, 0) is 48.1 Å². The van der Waals surface area contributed by atoms with Crippen molar-refractivity contribution in [2.45, 2.75) is 46.0 Å². The van der Waals surface area contributed by atoms with Gasteiger partial charge in [0.25, 0.3) is 0 Å². The number of aliphatic hydroxyl groups excluding tert-OH is 1. The Bertz CT molecular complexity index is 516. The molecule has 102 valence electrons. The van der Waals surface area contributed by atoms with Gasteiger partial charge in [0.1, 0.15) is 11.5 Å². The molecule has 0 aromatic heterocycles. The number of benzene rings is 1. The minimum atomic E-state index is 0.0128. The summed E-state index contributed by atoms with van der Waals surface area (Å²) >= 11 is 0. The van der Waals surface area contributed by atoms with Gasteiger partial charge in [0, 0.05) is 12.8 Å². The lowest BCUT2D eigenvalue weighted by atomic mass is 9.84. The fraction of sp³-hybridized carbons (Fsp3) is 0.438. The van der Waals surface area contributed by atoms with E-state index in [1.807, 2.05) is 13.8 Å². The molecule has 0 spiro atoms. The number of carbonyl (C=O) groups excluding carboxylic acids is 1. The first-order valence-electron chi connectivity index (χ1n) is 6.88. The molecular weight excluding hydrogens is 240 g/mol. The highest BCUT2D eigenvalue weighted by molar-refractivity contribution is 6.22. The summed E-state index contributed by atoms with van der Waals surface area (Å²) in [5.41, 5.74) is 3.16. The van der Waals surface area contributed by atoms with Crippen molar-refractivity contribution in [1.29, 1.82) is 0 Å². The fourth-order valence-corrected chi connectivity index (χ4v) is 2.74. The second-order valence-electron chi connectivity index (χ2n) is 4.94. The van der Waals surface area contributed by atoms with Crippen LogP contribution in [-0.2, 0) is 17.6 Å². The number of hydrogen-bond donors (Lipinski definition) is 2. The Morgan fingerprint density at radius 1 is 1.05 bits per heavy atom. The highest BCUT2D eigenvalue weighted by Gasteiger charge is 2.25. The number of ketones is 1. The molecule has 0 saturated carbocycles. The minimum Gasteiger partial charge on any atom is -0.512 e. The SMILES string of the molecule is CCc1cc(O)cc(CC)c1C1=C(O)CCCC1=O. The van der Waals surface area contributed by atoms with Crippen LogP contribution in [0.5, 0.6) is 5.75 Å². The largest absolute Gasteiger partial charge is 0.512 e. The third-order valence-corrected chi connectivity index (χ3v) is 3.68. The van der Waals surface area contributed by atoms with E-state index in [1.165, 1.54) is 0 Å². The molecule has 19 heavy (non-hydrogen) atoms. The number of phenolic OH excluding ortho intramolecular Hbond substituents is 1. The first kappa shape index (κ1) is 13.7. The summed E-state index contributed by atoms with van der Waals surface area (Å²) in [4.78, 5) is 12.1. The number of aryl methyl sites for hydroxylation is 2. The molecule has 3 nitrogen and oxygen atoms in total. The molecule has 1 aliphatic rings. The molecule has 3 heteroatoms. The molecule has 0 unspecified atom stereocenters. The number of phenols is 1. The zero-order valence-corrected chi connectivity index (χ0v) is 11.5. The van der Waals surface area contributed by atoms with Gasteiger partial charge < -0.3 is 10.2 Å². The Labute approximate surface area is 113 Å². The van der Waals surface area contributed by atoms with Gasteiger partial charge >= 0.3 is 0 Å².